The number of rotatable bonds is 5. The third-order valence-electron chi connectivity index (χ3n) is 2.96. The van der Waals surface area contributed by atoms with Crippen LogP contribution in [0.4, 0.5) is 10.1 Å². The van der Waals surface area contributed by atoms with Crippen LogP contribution in [-0.2, 0) is 10.0 Å². The van der Waals surface area contributed by atoms with Gasteiger partial charge in [0.1, 0.15) is 16.5 Å². The van der Waals surface area contributed by atoms with Crippen molar-refractivity contribution < 1.29 is 22.3 Å². The van der Waals surface area contributed by atoms with Gasteiger partial charge < -0.3 is 4.74 Å². The topological polar surface area (TPSA) is 72.5 Å². The zero-order chi connectivity index (χ0) is 16.3. The highest BCUT2D eigenvalue weighted by Crippen LogP contribution is 2.26. The summed E-state index contributed by atoms with van der Waals surface area (Å²) in [4.78, 5) is 10.9. The van der Waals surface area contributed by atoms with Crippen molar-refractivity contribution in [3.05, 3.63) is 53.8 Å². The Morgan fingerprint density at radius 2 is 1.77 bits per heavy atom. The summed E-state index contributed by atoms with van der Waals surface area (Å²) in [6, 6.07) is 9.15. The largest absolute Gasteiger partial charge is 0.495 e. The standard InChI is InChI=1S/C15H14FNO4S/c1-10(18)11-3-6-13(7-4-11)17-22(19,20)15-9-12(16)5-8-14(15)21-2/h3-9,17H,1-2H3. The number of anilines is 1. The maximum Gasteiger partial charge on any atom is 0.265 e. The average Bonchev–Trinajstić information content (AvgIpc) is 2.47. The zero-order valence-corrected chi connectivity index (χ0v) is 12.8. The molecule has 0 saturated heterocycles. The lowest BCUT2D eigenvalue weighted by atomic mass is 10.1. The minimum Gasteiger partial charge on any atom is -0.495 e. The Labute approximate surface area is 127 Å². The van der Waals surface area contributed by atoms with E-state index in [0.29, 0.717) is 5.56 Å². The zero-order valence-electron chi connectivity index (χ0n) is 12.0. The second-order valence-electron chi connectivity index (χ2n) is 4.53. The van der Waals surface area contributed by atoms with Gasteiger partial charge in [0.05, 0.1) is 7.11 Å². The summed E-state index contributed by atoms with van der Waals surface area (Å²) in [5.74, 6) is -0.774. The third kappa shape index (κ3) is 3.43. The molecule has 0 aliphatic carbocycles. The molecule has 0 saturated carbocycles. The fourth-order valence-corrected chi connectivity index (χ4v) is 3.08. The van der Waals surface area contributed by atoms with Gasteiger partial charge in [0.25, 0.3) is 10.0 Å². The number of halogens is 1. The number of nitrogens with one attached hydrogen (secondary N) is 1. The van der Waals surface area contributed by atoms with Crippen LogP contribution >= 0.6 is 0 Å². The first-order valence-corrected chi connectivity index (χ1v) is 7.79. The molecule has 22 heavy (non-hydrogen) atoms. The van der Waals surface area contributed by atoms with E-state index in [1.54, 1.807) is 0 Å². The van der Waals surface area contributed by atoms with Crippen molar-refractivity contribution in [2.45, 2.75) is 11.8 Å². The molecule has 0 unspecified atom stereocenters. The predicted molar refractivity (Wildman–Crippen MR) is 80.2 cm³/mol. The summed E-state index contributed by atoms with van der Waals surface area (Å²) >= 11 is 0. The first-order valence-electron chi connectivity index (χ1n) is 6.31. The fraction of sp³-hybridized carbons (Fsp3) is 0.133. The number of benzene rings is 2. The van der Waals surface area contributed by atoms with Crippen molar-refractivity contribution in [1.29, 1.82) is 0 Å². The Bertz CT molecular complexity index is 801. The van der Waals surface area contributed by atoms with Crippen molar-refractivity contribution in [1.82, 2.24) is 0 Å². The molecule has 2 aromatic carbocycles. The highest BCUT2D eigenvalue weighted by atomic mass is 32.2. The highest BCUT2D eigenvalue weighted by molar-refractivity contribution is 7.92. The number of hydrogen-bond acceptors (Lipinski definition) is 4. The Kier molecular flexibility index (Phi) is 4.46. The highest BCUT2D eigenvalue weighted by Gasteiger charge is 2.20. The summed E-state index contributed by atoms with van der Waals surface area (Å²) in [5.41, 5.74) is 0.725. The van der Waals surface area contributed by atoms with E-state index in [1.807, 2.05) is 0 Å². The summed E-state index contributed by atoms with van der Waals surface area (Å²) < 4.78 is 45.2. The molecule has 0 amide bonds. The third-order valence-corrected chi connectivity index (χ3v) is 4.36. The molecular formula is C15H14FNO4S. The lowest BCUT2D eigenvalue weighted by Gasteiger charge is -2.11. The van der Waals surface area contributed by atoms with Crippen molar-refractivity contribution in [3.63, 3.8) is 0 Å². The molecule has 1 N–H and O–H groups in total. The normalized spacial score (nSPS) is 11.0. The molecular weight excluding hydrogens is 309 g/mol. The second kappa shape index (κ2) is 6.15. The van der Waals surface area contributed by atoms with Crippen molar-refractivity contribution >= 4 is 21.5 Å². The number of hydrogen-bond donors (Lipinski definition) is 1. The van der Waals surface area contributed by atoms with Crippen LogP contribution in [0.3, 0.4) is 0 Å². The van der Waals surface area contributed by atoms with Crippen LogP contribution in [0.15, 0.2) is 47.4 Å². The minimum atomic E-state index is -4.01. The Balaban J connectivity index is 2.35. The van der Waals surface area contributed by atoms with E-state index in [4.69, 9.17) is 4.74 Å². The molecule has 0 atom stereocenters. The molecule has 0 aliphatic rings. The van der Waals surface area contributed by atoms with Crippen LogP contribution in [-0.4, -0.2) is 21.3 Å². The number of ether oxygens (including phenoxy) is 1. The maximum atomic E-state index is 13.3. The van der Waals surface area contributed by atoms with Crippen molar-refractivity contribution in [2.75, 3.05) is 11.8 Å². The van der Waals surface area contributed by atoms with E-state index < -0.39 is 15.8 Å². The molecule has 2 aromatic rings. The monoisotopic (exact) mass is 323 g/mol. The Morgan fingerprint density at radius 1 is 1.14 bits per heavy atom. The minimum absolute atomic E-state index is 0.0363. The van der Waals surface area contributed by atoms with Crippen LogP contribution in [0.25, 0.3) is 0 Å². The van der Waals surface area contributed by atoms with Crippen LogP contribution in [0, 0.1) is 5.82 Å². The molecule has 0 aromatic heterocycles. The van der Waals surface area contributed by atoms with Gasteiger partial charge >= 0.3 is 0 Å². The number of carbonyl (C=O) groups excluding carboxylic acids is 1. The SMILES string of the molecule is COc1ccc(F)cc1S(=O)(=O)Nc1ccc(C(C)=O)cc1. The number of carbonyl (C=O) groups is 1. The van der Waals surface area contributed by atoms with Crippen LogP contribution in [0.5, 0.6) is 5.75 Å². The molecule has 0 aliphatic heterocycles. The summed E-state index contributed by atoms with van der Waals surface area (Å²) in [6.07, 6.45) is 0. The molecule has 0 bridgehead atoms. The van der Waals surface area contributed by atoms with Crippen LogP contribution in [0.1, 0.15) is 17.3 Å². The lowest BCUT2D eigenvalue weighted by molar-refractivity contribution is 0.101. The van der Waals surface area contributed by atoms with Crippen LogP contribution in [0.2, 0.25) is 0 Å². The summed E-state index contributed by atoms with van der Waals surface area (Å²) in [6.45, 7) is 1.41. The van der Waals surface area contributed by atoms with Gasteiger partial charge in [-0.25, -0.2) is 12.8 Å². The van der Waals surface area contributed by atoms with Gasteiger partial charge in [-0.1, -0.05) is 0 Å². The molecule has 0 spiro atoms. The van der Waals surface area contributed by atoms with Gasteiger partial charge in [-0.15, -0.1) is 0 Å². The molecule has 0 fully saturated rings. The quantitative estimate of drug-likeness (QED) is 0.859. The van der Waals surface area contributed by atoms with E-state index in [1.165, 1.54) is 44.4 Å². The molecule has 2 rings (SSSR count). The first-order chi connectivity index (χ1) is 10.3. The van der Waals surface area contributed by atoms with Crippen molar-refractivity contribution in [2.24, 2.45) is 0 Å². The summed E-state index contributed by atoms with van der Waals surface area (Å²) in [7, 11) is -2.71. The fourth-order valence-electron chi connectivity index (χ4n) is 1.84. The van der Waals surface area contributed by atoms with Crippen LogP contribution < -0.4 is 9.46 Å². The summed E-state index contributed by atoms with van der Waals surface area (Å²) in [5, 5.41) is 0. The second-order valence-corrected chi connectivity index (χ2v) is 6.19. The lowest BCUT2D eigenvalue weighted by Crippen LogP contribution is -2.14. The Hall–Kier alpha value is -2.41. The molecule has 7 heteroatoms. The number of Topliss-reactive ketones (excluding diaryl/α,β-unsaturated/α-hetero) is 1. The molecule has 5 nitrogen and oxygen atoms in total. The van der Waals surface area contributed by atoms with E-state index in [2.05, 4.69) is 4.72 Å². The molecule has 116 valence electrons. The predicted octanol–water partition coefficient (Wildman–Crippen LogP) is 2.84. The number of sulfonamides is 1. The first kappa shape index (κ1) is 16.0. The van der Waals surface area contributed by atoms with Gasteiger partial charge in [-0.3, -0.25) is 9.52 Å². The van der Waals surface area contributed by atoms with E-state index in [-0.39, 0.29) is 22.1 Å². The maximum absolute atomic E-state index is 13.3. The van der Waals surface area contributed by atoms with Gasteiger partial charge in [0, 0.05) is 11.3 Å². The van der Waals surface area contributed by atoms with Gasteiger partial charge in [0.15, 0.2) is 5.78 Å². The molecule has 0 radical (unpaired) electrons. The van der Waals surface area contributed by atoms with Gasteiger partial charge in [-0.2, -0.15) is 0 Å². The Morgan fingerprint density at radius 3 is 2.32 bits per heavy atom. The van der Waals surface area contributed by atoms with Gasteiger partial charge in [-0.05, 0) is 49.4 Å². The smallest absolute Gasteiger partial charge is 0.265 e. The van der Waals surface area contributed by atoms with Crippen molar-refractivity contribution in [3.8, 4) is 5.75 Å². The van der Waals surface area contributed by atoms with Gasteiger partial charge in [0.2, 0.25) is 0 Å². The van der Waals surface area contributed by atoms with E-state index in [9.17, 15) is 17.6 Å². The number of ketones is 1. The van der Waals surface area contributed by atoms with E-state index in [0.717, 1.165) is 12.1 Å². The average molecular weight is 323 g/mol. The molecule has 0 heterocycles. The number of methoxy groups -OCH3 is 1. The van der Waals surface area contributed by atoms with E-state index >= 15 is 0 Å².